The lowest BCUT2D eigenvalue weighted by molar-refractivity contribution is 0.173. The van der Waals surface area contributed by atoms with Crippen LogP contribution in [0.4, 0.5) is 0 Å². The van der Waals surface area contributed by atoms with Crippen molar-refractivity contribution in [3.63, 3.8) is 0 Å². The summed E-state index contributed by atoms with van der Waals surface area (Å²) in [6.45, 7) is 2.34. The SMILES string of the molecule is C[C@H](Cc1c[nH]c2ccccc12)NC12CCC(C1)C2. The third kappa shape index (κ3) is 1.90. The van der Waals surface area contributed by atoms with Gasteiger partial charge in [0.1, 0.15) is 0 Å². The van der Waals surface area contributed by atoms with Gasteiger partial charge in [0.15, 0.2) is 0 Å². The van der Waals surface area contributed by atoms with Crippen molar-refractivity contribution in [3.8, 4) is 0 Å². The summed E-state index contributed by atoms with van der Waals surface area (Å²) in [5.41, 5.74) is 3.21. The van der Waals surface area contributed by atoms with Gasteiger partial charge in [-0.25, -0.2) is 0 Å². The zero-order chi connectivity index (χ0) is 12.9. The van der Waals surface area contributed by atoms with Gasteiger partial charge < -0.3 is 10.3 Å². The van der Waals surface area contributed by atoms with Crippen LogP contribution in [-0.4, -0.2) is 16.6 Å². The number of hydrogen-bond donors (Lipinski definition) is 2. The summed E-state index contributed by atoms with van der Waals surface area (Å²) in [5.74, 6) is 1.03. The quantitative estimate of drug-likeness (QED) is 0.856. The Labute approximate surface area is 114 Å². The van der Waals surface area contributed by atoms with Crippen LogP contribution in [-0.2, 0) is 6.42 Å². The number of rotatable bonds is 4. The third-order valence-electron chi connectivity index (χ3n) is 5.14. The minimum absolute atomic E-state index is 0.510. The predicted molar refractivity (Wildman–Crippen MR) is 79.3 cm³/mol. The second-order valence-corrected chi connectivity index (χ2v) is 6.70. The van der Waals surface area contributed by atoms with E-state index in [4.69, 9.17) is 0 Å². The minimum atomic E-state index is 0.510. The first-order chi connectivity index (χ1) is 9.24. The molecule has 2 aromatic rings. The molecule has 5 rings (SSSR count). The highest BCUT2D eigenvalue weighted by molar-refractivity contribution is 5.83. The fourth-order valence-corrected chi connectivity index (χ4v) is 4.33. The Morgan fingerprint density at radius 3 is 3.00 bits per heavy atom. The van der Waals surface area contributed by atoms with Crippen molar-refractivity contribution in [2.24, 2.45) is 5.92 Å². The largest absolute Gasteiger partial charge is 0.361 e. The molecule has 2 nitrogen and oxygen atoms in total. The molecule has 0 unspecified atom stereocenters. The number of H-pyrrole nitrogens is 1. The van der Waals surface area contributed by atoms with Gasteiger partial charge >= 0.3 is 0 Å². The smallest absolute Gasteiger partial charge is 0.0456 e. The number of nitrogens with one attached hydrogen (secondary N) is 2. The lowest BCUT2D eigenvalue weighted by Gasteiger charge is -2.41. The van der Waals surface area contributed by atoms with E-state index in [1.165, 1.54) is 42.1 Å². The first kappa shape index (κ1) is 11.5. The van der Waals surface area contributed by atoms with Crippen molar-refractivity contribution in [2.75, 3.05) is 0 Å². The number of benzene rings is 1. The van der Waals surface area contributed by atoms with E-state index in [9.17, 15) is 0 Å². The van der Waals surface area contributed by atoms with E-state index >= 15 is 0 Å². The minimum Gasteiger partial charge on any atom is -0.361 e. The average molecular weight is 254 g/mol. The molecule has 2 heteroatoms. The van der Waals surface area contributed by atoms with Crippen LogP contribution in [0.1, 0.15) is 38.2 Å². The molecular formula is C17H22N2. The van der Waals surface area contributed by atoms with Crippen molar-refractivity contribution in [1.82, 2.24) is 10.3 Å². The Morgan fingerprint density at radius 2 is 2.21 bits per heavy atom. The van der Waals surface area contributed by atoms with Gasteiger partial charge in [-0.15, -0.1) is 0 Å². The molecule has 3 aliphatic rings. The summed E-state index contributed by atoms with van der Waals surface area (Å²) < 4.78 is 0. The summed E-state index contributed by atoms with van der Waals surface area (Å²) >= 11 is 0. The first-order valence-corrected chi connectivity index (χ1v) is 7.57. The van der Waals surface area contributed by atoms with Gasteiger partial charge in [-0.3, -0.25) is 0 Å². The molecule has 0 spiro atoms. The highest BCUT2D eigenvalue weighted by atomic mass is 15.0. The molecule has 0 saturated heterocycles. The number of hydrogen-bond acceptors (Lipinski definition) is 1. The molecular weight excluding hydrogens is 232 g/mol. The van der Waals surface area contributed by atoms with Gasteiger partial charge in [0.25, 0.3) is 0 Å². The topological polar surface area (TPSA) is 27.8 Å². The van der Waals surface area contributed by atoms with E-state index in [2.05, 4.69) is 47.7 Å². The number of para-hydroxylation sites is 1. The summed E-state index contributed by atoms with van der Waals surface area (Å²) in [4.78, 5) is 3.38. The molecule has 1 aromatic heterocycles. The van der Waals surface area contributed by atoms with Gasteiger partial charge in [-0.2, -0.15) is 0 Å². The van der Waals surface area contributed by atoms with Crippen LogP contribution in [0.5, 0.6) is 0 Å². The first-order valence-electron chi connectivity index (χ1n) is 7.57. The standard InChI is InChI=1S/C17H22N2/c1-12(19-17-7-6-13(9-17)10-17)8-14-11-18-16-5-3-2-4-15(14)16/h2-5,11-13,18-19H,6-10H2,1H3/t12-,13?,17?/m1/s1. The fourth-order valence-electron chi connectivity index (χ4n) is 4.33. The van der Waals surface area contributed by atoms with Gasteiger partial charge in [0.2, 0.25) is 0 Å². The zero-order valence-corrected chi connectivity index (χ0v) is 11.6. The fraction of sp³-hybridized carbons (Fsp3) is 0.529. The van der Waals surface area contributed by atoms with Crippen LogP contribution >= 0.6 is 0 Å². The highest BCUT2D eigenvalue weighted by Crippen LogP contribution is 2.52. The molecule has 100 valence electrons. The molecule has 3 fully saturated rings. The van der Waals surface area contributed by atoms with E-state index in [1.807, 2.05) is 0 Å². The van der Waals surface area contributed by atoms with Crippen molar-refractivity contribution in [2.45, 2.75) is 50.6 Å². The molecule has 3 aliphatic carbocycles. The predicted octanol–water partition coefficient (Wildman–Crippen LogP) is 3.63. The van der Waals surface area contributed by atoms with Gasteiger partial charge in [-0.1, -0.05) is 18.2 Å². The molecule has 19 heavy (non-hydrogen) atoms. The molecule has 1 atom stereocenters. The van der Waals surface area contributed by atoms with E-state index < -0.39 is 0 Å². The molecule has 1 heterocycles. The van der Waals surface area contributed by atoms with E-state index in [1.54, 1.807) is 0 Å². The third-order valence-corrected chi connectivity index (χ3v) is 5.14. The van der Waals surface area contributed by atoms with Gasteiger partial charge in [0.05, 0.1) is 0 Å². The Hall–Kier alpha value is -1.28. The van der Waals surface area contributed by atoms with E-state index in [0.717, 1.165) is 12.3 Å². The van der Waals surface area contributed by atoms with Crippen LogP contribution in [0.2, 0.25) is 0 Å². The maximum Gasteiger partial charge on any atom is 0.0456 e. The molecule has 1 aromatic carbocycles. The number of fused-ring (bicyclic) bond motifs is 2. The van der Waals surface area contributed by atoms with E-state index in [-0.39, 0.29) is 0 Å². The van der Waals surface area contributed by atoms with Crippen LogP contribution in [0.15, 0.2) is 30.5 Å². The zero-order valence-electron chi connectivity index (χ0n) is 11.6. The van der Waals surface area contributed by atoms with Crippen LogP contribution in [0, 0.1) is 5.92 Å². The Kier molecular flexibility index (Phi) is 2.49. The Morgan fingerprint density at radius 1 is 1.37 bits per heavy atom. The summed E-state index contributed by atoms with van der Waals surface area (Å²) in [6.07, 6.45) is 8.99. The van der Waals surface area contributed by atoms with Gasteiger partial charge in [-0.05, 0) is 56.6 Å². The maximum absolute atomic E-state index is 3.91. The van der Waals surface area contributed by atoms with Crippen molar-refractivity contribution in [1.29, 1.82) is 0 Å². The van der Waals surface area contributed by atoms with Crippen LogP contribution < -0.4 is 5.32 Å². The van der Waals surface area contributed by atoms with Gasteiger partial charge in [0, 0.05) is 28.7 Å². The van der Waals surface area contributed by atoms with Crippen molar-refractivity contribution < 1.29 is 0 Å². The highest BCUT2D eigenvalue weighted by Gasteiger charge is 2.50. The molecule has 0 radical (unpaired) electrons. The number of aromatic nitrogens is 1. The molecule has 2 bridgehead atoms. The average Bonchev–Trinajstić information content (AvgIpc) is 3.03. The molecule has 3 saturated carbocycles. The second-order valence-electron chi connectivity index (χ2n) is 6.70. The lowest BCUT2D eigenvalue weighted by Crippen LogP contribution is -2.53. The maximum atomic E-state index is 3.91. The molecule has 0 amide bonds. The van der Waals surface area contributed by atoms with Crippen LogP contribution in [0.25, 0.3) is 10.9 Å². The summed E-state index contributed by atoms with van der Waals surface area (Å²) in [7, 11) is 0. The second kappa shape index (κ2) is 4.11. The summed E-state index contributed by atoms with van der Waals surface area (Å²) in [6, 6.07) is 9.17. The monoisotopic (exact) mass is 254 g/mol. The molecule has 0 aliphatic heterocycles. The molecule has 2 N–H and O–H groups in total. The van der Waals surface area contributed by atoms with Crippen molar-refractivity contribution >= 4 is 10.9 Å². The Bertz CT molecular complexity index is 587. The van der Waals surface area contributed by atoms with E-state index in [0.29, 0.717) is 11.6 Å². The Balaban J connectivity index is 1.48. The lowest BCUT2D eigenvalue weighted by atomic mass is 9.76. The normalized spacial score (nSPS) is 30.5. The number of aromatic amines is 1. The van der Waals surface area contributed by atoms with Crippen LogP contribution in [0.3, 0.4) is 0 Å². The summed E-state index contributed by atoms with van der Waals surface area (Å²) in [5, 5.41) is 5.29. The van der Waals surface area contributed by atoms with Crippen molar-refractivity contribution in [3.05, 3.63) is 36.0 Å².